The second-order valence-electron chi connectivity index (χ2n) is 7.01. The summed E-state index contributed by atoms with van der Waals surface area (Å²) in [6.45, 7) is 1.39. The number of amides is 2. The zero-order valence-corrected chi connectivity index (χ0v) is 15.6. The van der Waals surface area contributed by atoms with Crippen molar-refractivity contribution >= 4 is 28.5 Å². The van der Waals surface area contributed by atoms with Gasteiger partial charge in [0, 0.05) is 21.0 Å². The molecule has 2 N–H and O–H groups in total. The Bertz CT molecular complexity index is 1020. The first-order valence-corrected chi connectivity index (χ1v) is 8.93. The topological polar surface area (TPSA) is 115 Å². The van der Waals surface area contributed by atoms with Gasteiger partial charge >= 0.3 is 5.69 Å². The molecule has 0 aromatic carbocycles. The molecule has 144 valence electrons. The maximum atomic E-state index is 12.8. The molecule has 1 unspecified atom stereocenters. The van der Waals surface area contributed by atoms with Crippen LogP contribution in [0.15, 0.2) is 21.9 Å². The fourth-order valence-electron chi connectivity index (χ4n) is 3.66. The smallest absolute Gasteiger partial charge is 0.332 e. The van der Waals surface area contributed by atoms with Crippen molar-refractivity contribution in [1.82, 2.24) is 19.4 Å². The van der Waals surface area contributed by atoms with Crippen LogP contribution in [0.25, 0.3) is 11.0 Å². The van der Waals surface area contributed by atoms with Crippen molar-refractivity contribution in [3.63, 3.8) is 0 Å². The van der Waals surface area contributed by atoms with Crippen LogP contribution in [-0.4, -0.2) is 32.0 Å². The Morgan fingerprint density at radius 3 is 2.48 bits per heavy atom. The van der Waals surface area contributed by atoms with Crippen molar-refractivity contribution in [3.05, 3.63) is 33.1 Å². The lowest BCUT2D eigenvalue weighted by molar-refractivity contribution is -0.126. The van der Waals surface area contributed by atoms with E-state index in [0.29, 0.717) is 5.69 Å². The van der Waals surface area contributed by atoms with Gasteiger partial charge in [-0.3, -0.25) is 23.5 Å². The number of aryl methyl sites for hydroxylation is 1. The number of rotatable bonds is 4. The molecule has 1 aliphatic rings. The van der Waals surface area contributed by atoms with E-state index in [1.807, 2.05) is 0 Å². The number of anilines is 1. The largest absolute Gasteiger partial charge is 0.344 e. The van der Waals surface area contributed by atoms with Gasteiger partial charge in [0.2, 0.25) is 11.8 Å². The van der Waals surface area contributed by atoms with E-state index in [-0.39, 0.29) is 28.8 Å². The molecule has 9 heteroatoms. The van der Waals surface area contributed by atoms with Crippen molar-refractivity contribution in [2.45, 2.75) is 38.6 Å². The lowest BCUT2D eigenvalue weighted by atomic mass is 9.97. The third-order valence-corrected chi connectivity index (χ3v) is 5.07. The van der Waals surface area contributed by atoms with Gasteiger partial charge in [-0.1, -0.05) is 12.8 Å². The highest BCUT2D eigenvalue weighted by Crippen LogP contribution is 2.28. The Labute approximate surface area is 155 Å². The summed E-state index contributed by atoms with van der Waals surface area (Å²) in [5.41, 5.74) is -0.360. The molecule has 0 bridgehead atoms. The molecule has 1 fully saturated rings. The summed E-state index contributed by atoms with van der Waals surface area (Å²) in [7, 11) is 2.92. The number of nitrogens with one attached hydrogen (secondary N) is 2. The Kier molecular flexibility index (Phi) is 5.11. The lowest BCUT2D eigenvalue weighted by Gasteiger charge is -2.23. The molecule has 2 heterocycles. The number of fused-ring (bicyclic) bond motifs is 1. The summed E-state index contributed by atoms with van der Waals surface area (Å²) >= 11 is 0. The Hall–Kier alpha value is -2.97. The van der Waals surface area contributed by atoms with Crippen LogP contribution in [0.5, 0.6) is 0 Å². The number of pyridine rings is 1. The average Bonchev–Trinajstić information content (AvgIpc) is 3.16. The maximum absolute atomic E-state index is 12.8. The van der Waals surface area contributed by atoms with Gasteiger partial charge in [0.15, 0.2) is 0 Å². The van der Waals surface area contributed by atoms with E-state index in [4.69, 9.17) is 0 Å². The molecule has 2 amide bonds. The van der Waals surface area contributed by atoms with Gasteiger partial charge in [0.25, 0.3) is 5.56 Å². The summed E-state index contributed by atoms with van der Waals surface area (Å²) in [5, 5.41) is 5.71. The van der Waals surface area contributed by atoms with Gasteiger partial charge in [0.05, 0.1) is 17.3 Å². The number of aromatic nitrogens is 3. The lowest BCUT2D eigenvalue weighted by Crippen LogP contribution is -2.47. The highest BCUT2D eigenvalue weighted by atomic mass is 16.2. The van der Waals surface area contributed by atoms with Crippen LogP contribution in [0.4, 0.5) is 5.69 Å². The highest BCUT2D eigenvalue weighted by Gasteiger charge is 2.31. The molecule has 2 aromatic heterocycles. The second-order valence-corrected chi connectivity index (χ2v) is 7.01. The van der Waals surface area contributed by atoms with E-state index >= 15 is 0 Å². The zero-order chi connectivity index (χ0) is 19.7. The minimum atomic E-state index is -0.622. The summed E-state index contributed by atoms with van der Waals surface area (Å²) in [6, 6.07) is 0.880. The van der Waals surface area contributed by atoms with Gasteiger partial charge in [-0.15, -0.1) is 0 Å². The van der Waals surface area contributed by atoms with Crippen LogP contribution in [0.1, 0.15) is 32.6 Å². The standard InChI is InChI=1S/C18H23N5O4/c1-10(24)20-14(11-6-4-5-7-11)16(25)21-12-8-13-15(19-9-12)22(2)18(27)23(3)17(13)26/h8-9,11,14H,4-7H2,1-3H3,(H,20,24)(H,21,25). The zero-order valence-electron chi connectivity index (χ0n) is 15.6. The highest BCUT2D eigenvalue weighted by molar-refractivity contribution is 5.98. The van der Waals surface area contributed by atoms with E-state index in [2.05, 4.69) is 15.6 Å². The molecule has 9 nitrogen and oxygen atoms in total. The minimum absolute atomic E-state index is 0.0935. The molecule has 0 aliphatic heterocycles. The molecule has 27 heavy (non-hydrogen) atoms. The van der Waals surface area contributed by atoms with Crippen LogP contribution in [0, 0.1) is 5.92 Å². The number of hydrogen-bond donors (Lipinski definition) is 2. The van der Waals surface area contributed by atoms with E-state index in [9.17, 15) is 19.2 Å². The first-order valence-electron chi connectivity index (χ1n) is 8.93. The molecular weight excluding hydrogens is 350 g/mol. The molecule has 1 atom stereocenters. The predicted octanol–water partition coefficient (Wildman–Crippen LogP) is 0.266. The van der Waals surface area contributed by atoms with Crippen LogP contribution >= 0.6 is 0 Å². The first-order chi connectivity index (χ1) is 12.8. The molecular formula is C18H23N5O4. The van der Waals surface area contributed by atoms with Gasteiger partial charge in [-0.2, -0.15) is 0 Å². The molecule has 1 saturated carbocycles. The van der Waals surface area contributed by atoms with Crippen molar-refractivity contribution in [2.75, 3.05) is 5.32 Å². The predicted molar refractivity (Wildman–Crippen MR) is 100 cm³/mol. The third-order valence-electron chi connectivity index (χ3n) is 5.07. The van der Waals surface area contributed by atoms with Gasteiger partial charge < -0.3 is 10.6 Å². The van der Waals surface area contributed by atoms with Crippen LogP contribution in [0.3, 0.4) is 0 Å². The monoisotopic (exact) mass is 373 g/mol. The molecule has 0 radical (unpaired) electrons. The summed E-state index contributed by atoms with van der Waals surface area (Å²) in [4.78, 5) is 52.8. The maximum Gasteiger partial charge on any atom is 0.332 e. The summed E-state index contributed by atoms with van der Waals surface area (Å²) in [5.74, 6) is -0.501. The molecule has 3 rings (SSSR count). The normalized spacial score (nSPS) is 15.7. The van der Waals surface area contributed by atoms with Crippen molar-refractivity contribution < 1.29 is 9.59 Å². The van der Waals surface area contributed by atoms with Crippen LogP contribution in [-0.2, 0) is 23.7 Å². The van der Waals surface area contributed by atoms with Gasteiger partial charge in [-0.05, 0) is 24.8 Å². The van der Waals surface area contributed by atoms with Crippen LogP contribution < -0.4 is 21.9 Å². The molecule has 0 saturated heterocycles. The van der Waals surface area contributed by atoms with Gasteiger partial charge in [0.1, 0.15) is 11.7 Å². The van der Waals surface area contributed by atoms with E-state index in [1.165, 1.54) is 37.8 Å². The first kappa shape index (κ1) is 18.8. The Morgan fingerprint density at radius 2 is 1.85 bits per heavy atom. The summed E-state index contributed by atoms with van der Waals surface area (Å²) < 4.78 is 2.27. The van der Waals surface area contributed by atoms with E-state index in [0.717, 1.165) is 30.3 Å². The quantitative estimate of drug-likeness (QED) is 0.798. The Morgan fingerprint density at radius 1 is 1.19 bits per heavy atom. The van der Waals surface area contributed by atoms with E-state index < -0.39 is 17.3 Å². The third kappa shape index (κ3) is 3.62. The van der Waals surface area contributed by atoms with Crippen molar-refractivity contribution in [2.24, 2.45) is 20.0 Å². The number of carbonyl (C=O) groups excluding carboxylic acids is 2. The Balaban J connectivity index is 1.93. The number of carbonyl (C=O) groups is 2. The average molecular weight is 373 g/mol. The number of nitrogens with zero attached hydrogens (tertiary/aromatic N) is 3. The second kappa shape index (κ2) is 7.34. The summed E-state index contributed by atoms with van der Waals surface area (Å²) in [6.07, 6.45) is 5.25. The fraction of sp³-hybridized carbons (Fsp3) is 0.500. The van der Waals surface area contributed by atoms with Crippen LogP contribution in [0.2, 0.25) is 0 Å². The number of hydrogen-bond acceptors (Lipinski definition) is 5. The SMILES string of the molecule is CC(=O)NC(C(=O)Nc1cnc2c(c1)c(=O)n(C)c(=O)n2C)C1CCCC1. The molecule has 2 aromatic rings. The minimum Gasteiger partial charge on any atom is -0.344 e. The molecule has 0 spiro atoms. The molecule has 1 aliphatic carbocycles. The van der Waals surface area contributed by atoms with Crippen molar-refractivity contribution in [3.8, 4) is 0 Å². The van der Waals surface area contributed by atoms with E-state index in [1.54, 1.807) is 0 Å². The fourth-order valence-corrected chi connectivity index (χ4v) is 3.66. The van der Waals surface area contributed by atoms with Crippen molar-refractivity contribution in [1.29, 1.82) is 0 Å². The van der Waals surface area contributed by atoms with Gasteiger partial charge in [-0.25, -0.2) is 9.78 Å².